The van der Waals surface area contributed by atoms with Gasteiger partial charge in [0.25, 0.3) is 0 Å². The molecule has 0 saturated carbocycles. The van der Waals surface area contributed by atoms with E-state index in [1.807, 2.05) is 0 Å². The van der Waals surface area contributed by atoms with Crippen LogP contribution >= 0.6 is 0 Å². The first-order valence-electron chi connectivity index (χ1n) is 3.21. The van der Waals surface area contributed by atoms with E-state index in [9.17, 15) is 9.59 Å². The first-order chi connectivity index (χ1) is 4.61. The maximum absolute atomic E-state index is 10.8. The zero-order chi connectivity index (χ0) is 7.72. The van der Waals surface area contributed by atoms with E-state index in [1.165, 1.54) is 0 Å². The Morgan fingerprint density at radius 3 is 2.60 bits per heavy atom. The lowest BCUT2D eigenvalue weighted by Gasteiger charge is -2.04. The first-order valence-corrected chi connectivity index (χ1v) is 3.21. The van der Waals surface area contributed by atoms with Gasteiger partial charge in [-0.05, 0) is 0 Å². The summed E-state index contributed by atoms with van der Waals surface area (Å²) in [4.78, 5) is 23.0. The zero-order valence-corrected chi connectivity index (χ0v) is 5.96. The molecule has 10 heavy (non-hydrogen) atoms. The third-order valence-corrected chi connectivity index (χ3v) is 1.80. The van der Waals surface area contributed by atoms with Crippen LogP contribution in [0.1, 0.15) is 6.42 Å². The van der Waals surface area contributed by atoms with Gasteiger partial charge in [0.05, 0.1) is 0 Å². The van der Waals surface area contributed by atoms with Crippen molar-refractivity contribution in [1.29, 1.82) is 0 Å². The molecule has 0 radical (unpaired) electrons. The molecular formula is C6H11N2O2+. The summed E-state index contributed by atoms with van der Waals surface area (Å²) in [6, 6.07) is 0. The van der Waals surface area contributed by atoms with Gasteiger partial charge in [-0.2, -0.15) is 0 Å². The standard InChI is InChI=1S/C6H10N2O2/c1-8-3-4(6(7)10)2-5(8)9/h4H,2-3H2,1H3,(H2,7,10)/p+1. The van der Waals surface area contributed by atoms with Crippen molar-refractivity contribution in [1.82, 2.24) is 4.90 Å². The van der Waals surface area contributed by atoms with Crippen LogP contribution in [-0.4, -0.2) is 30.3 Å². The van der Waals surface area contributed by atoms with E-state index < -0.39 is 0 Å². The van der Waals surface area contributed by atoms with Crippen LogP contribution in [0.4, 0.5) is 0 Å². The van der Waals surface area contributed by atoms with Gasteiger partial charge >= 0.3 is 5.91 Å². The molecule has 4 heteroatoms. The average Bonchev–Trinajstić information content (AvgIpc) is 2.13. The largest absolute Gasteiger partial charge is 0.345 e. The van der Waals surface area contributed by atoms with E-state index in [0.29, 0.717) is 13.0 Å². The fraction of sp³-hybridized carbons (Fsp3) is 0.667. The number of likely N-dealkylation sites (tertiary alicyclic amines) is 1. The molecule has 0 aromatic heterocycles. The minimum Gasteiger partial charge on any atom is -0.345 e. The first kappa shape index (κ1) is 7.21. The summed E-state index contributed by atoms with van der Waals surface area (Å²) >= 11 is 0. The molecule has 3 N–H and O–H groups in total. The fourth-order valence-corrected chi connectivity index (χ4v) is 1.08. The van der Waals surface area contributed by atoms with Crippen molar-refractivity contribution in [2.45, 2.75) is 6.42 Å². The number of quaternary nitrogens is 1. The van der Waals surface area contributed by atoms with E-state index in [2.05, 4.69) is 5.73 Å². The Labute approximate surface area is 59.0 Å². The molecular weight excluding hydrogens is 132 g/mol. The minimum absolute atomic E-state index is 0.0435. The summed E-state index contributed by atoms with van der Waals surface area (Å²) < 4.78 is 0. The molecule has 4 nitrogen and oxygen atoms in total. The van der Waals surface area contributed by atoms with Crippen LogP contribution in [0.2, 0.25) is 0 Å². The smallest absolute Gasteiger partial charge is 0.314 e. The highest BCUT2D eigenvalue weighted by Gasteiger charge is 2.32. The minimum atomic E-state index is -0.155. The van der Waals surface area contributed by atoms with Gasteiger partial charge in [0, 0.05) is 20.0 Å². The Balaban J connectivity index is 2.57. The molecule has 0 bridgehead atoms. The second-order valence-electron chi connectivity index (χ2n) is 2.64. The van der Waals surface area contributed by atoms with Crippen LogP contribution in [0, 0.1) is 5.92 Å². The molecule has 0 spiro atoms. The van der Waals surface area contributed by atoms with Gasteiger partial charge < -0.3 is 4.90 Å². The van der Waals surface area contributed by atoms with Crippen molar-refractivity contribution in [3.63, 3.8) is 0 Å². The van der Waals surface area contributed by atoms with Gasteiger partial charge in [0.15, 0.2) is 0 Å². The van der Waals surface area contributed by atoms with Gasteiger partial charge in [-0.15, -0.1) is 0 Å². The van der Waals surface area contributed by atoms with E-state index in [4.69, 9.17) is 0 Å². The molecule has 1 saturated heterocycles. The summed E-state index contributed by atoms with van der Waals surface area (Å²) in [5.41, 5.74) is 3.27. The van der Waals surface area contributed by atoms with Crippen molar-refractivity contribution in [3.8, 4) is 0 Å². The molecule has 2 amide bonds. The summed E-state index contributed by atoms with van der Waals surface area (Å²) in [7, 11) is 1.70. The molecule has 0 aliphatic carbocycles. The number of amides is 2. The lowest BCUT2D eigenvalue weighted by Crippen LogP contribution is -2.60. The van der Waals surface area contributed by atoms with Gasteiger partial charge in [-0.3, -0.25) is 10.5 Å². The van der Waals surface area contributed by atoms with Gasteiger partial charge in [-0.25, -0.2) is 4.79 Å². The highest BCUT2D eigenvalue weighted by molar-refractivity contribution is 5.85. The number of rotatable bonds is 1. The third kappa shape index (κ3) is 1.16. The summed E-state index contributed by atoms with van der Waals surface area (Å²) in [6.07, 6.45) is 0.346. The van der Waals surface area contributed by atoms with E-state index in [1.54, 1.807) is 11.9 Å². The van der Waals surface area contributed by atoms with Crippen LogP contribution in [0.15, 0.2) is 0 Å². The van der Waals surface area contributed by atoms with Crippen LogP contribution in [0.5, 0.6) is 0 Å². The third-order valence-electron chi connectivity index (χ3n) is 1.80. The Morgan fingerprint density at radius 2 is 2.40 bits per heavy atom. The van der Waals surface area contributed by atoms with Crippen molar-refractivity contribution >= 4 is 11.8 Å². The van der Waals surface area contributed by atoms with E-state index >= 15 is 0 Å². The number of nitrogens with zero attached hydrogens (tertiary/aromatic N) is 1. The van der Waals surface area contributed by atoms with Crippen LogP contribution in [-0.2, 0) is 9.59 Å². The predicted molar refractivity (Wildman–Crippen MR) is 33.6 cm³/mol. The number of hydrogen-bond acceptors (Lipinski definition) is 2. The van der Waals surface area contributed by atoms with Crippen LogP contribution in [0.25, 0.3) is 0 Å². The van der Waals surface area contributed by atoms with Crippen LogP contribution < -0.4 is 5.73 Å². The lowest BCUT2D eigenvalue weighted by atomic mass is 10.1. The highest BCUT2D eigenvalue weighted by Crippen LogP contribution is 2.13. The molecule has 0 aromatic rings. The number of carbonyl (C=O) groups is 2. The van der Waals surface area contributed by atoms with Gasteiger partial charge in [0.1, 0.15) is 5.92 Å². The summed E-state index contributed by atoms with van der Waals surface area (Å²) in [5.74, 6) is -0.239. The van der Waals surface area contributed by atoms with Gasteiger partial charge in [-0.1, -0.05) is 0 Å². The molecule has 1 atom stereocenters. The molecule has 1 heterocycles. The number of carbonyl (C=O) groups excluding carboxylic acids is 2. The Morgan fingerprint density at radius 1 is 1.80 bits per heavy atom. The maximum atomic E-state index is 10.8. The van der Waals surface area contributed by atoms with E-state index in [0.717, 1.165) is 0 Å². The summed E-state index contributed by atoms with van der Waals surface area (Å²) in [5, 5.41) is 0. The number of hydrogen-bond donors (Lipinski definition) is 1. The van der Waals surface area contributed by atoms with Crippen molar-refractivity contribution in [2.24, 2.45) is 5.92 Å². The molecule has 1 unspecified atom stereocenters. The van der Waals surface area contributed by atoms with Crippen LogP contribution in [0.3, 0.4) is 0 Å². The zero-order valence-electron chi connectivity index (χ0n) is 5.96. The molecule has 1 fully saturated rings. The molecule has 1 aliphatic heterocycles. The second kappa shape index (κ2) is 2.38. The monoisotopic (exact) mass is 143 g/mol. The molecule has 56 valence electrons. The fourth-order valence-electron chi connectivity index (χ4n) is 1.08. The Kier molecular flexibility index (Phi) is 1.72. The van der Waals surface area contributed by atoms with Crippen molar-refractivity contribution in [2.75, 3.05) is 13.6 Å². The van der Waals surface area contributed by atoms with E-state index in [-0.39, 0.29) is 17.7 Å². The highest BCUT2D eigenvalue weighted by atomic mass is 16.2. The normalized spacial score (nSPS) is 25.6. The summed E-state index contributed by atoms with van der Waals surface area (Å²) in [6.45, 7) is 0.543. The molecule has 0 aromatic carbocycles. The molecule has 1 rings (SSSR count). The topological polar surface area (TPSA) is 65.0 Å². The van der Waals surface area contributed by atoms with Crippen molar-refractivity contribution < 1.29 is 15.3 Å². The predicted octanol–water partition coefficient (Wildman–Crippen LogP) is -1.77. The van der Waals surface area contributed by atoms with Gasteiger partial charge in [0.2, 0.25) is 5.91 Å². The average molecular weight is 143 g/mol. The Bertz CT molecular complexity index is 179. The lowest BCUT2D eigenvalue weighted by molar-refractivity contribution is -0.311. The molecule has 1 aliphatic rings. The maximum Gasteiger partial charge on any atom is 0.314 e. The second-order valence-corrected chi connectivity index (χ2v) is 2.64. The van der Waals surface area contributed by atoms with Crippen molar-refractivity contribution in [3.05, 3.63) is 0 Å². The quantitative estimate of drug-likeness (QED) is 0.472. The Hall–Kier alpha value is -0.900. The SMILES string of the molecule is CN1CC(C([NH3+])=O)CC1=O.